The molecule has 34 heavy (non-hydrogen) atoms. The normalized spacial score (nSPS) is 11.0. The maximum absolute atomic E-state index is 13.2. The molecule has 0 spiro atoms. The standard InChI is InChI=1S/C24H16FN5O4/c1-14-11-20-21(28-29(27-20)17-7-5-16(25)6-8-17)13-19(14)26-24(31)23-10-9-22(34-23)15-3-2-4-18(12-15)30(32)33/h2-13H,1H3,(H,26,31). The number of nitrogens with zero attached hydrogens (tertiary/aromatic N) is 4. The van der Waals surface area contributed by atoms with E-state index in [1.165, 1.54) is 35.1 Å². The van der Waals surface area contributed by atoms with Gasteiger partial charge in [0.15, 0.2) is 5.76 Å². The van der Waals surface area contributed by atoms with Gasteiger partial charge in [-0.3, -0.25) is 14.9 Å². The summed E-state index contributed by atoms with van der Waals surface area (Å²) in [4.78, 5) is 24.7. The lowest BCUT2D eigenvalue weighted by atomic mass is 10.1. The lowest BCUT2D eigenvalue weighted by Gasteiger charge is -2.06. The highest BCUT2D eigenvalue weighted by Crippen LogP contribution is 2.27. The van der Waals surface area contributed by atoms with Gasteiger partial charge >= 0.3 is 0 Å². The fraction of sp³-hybridized carbons (Fsp3) is 0.0417. The van der Waals surface area contributed by atoms with Crippen LogP contribution in [0.4, 0.5) is 15.8 Å². The molecule has 0 unspecified atom stereocenters. The first-order chi connectivity index (χ1) is 16.4. The molecule has 5 rings (SSSR count). The number of fused-ring (bicyclic) bond motifs is 1. The Labute approximate surface area is 191 Å². The van der Waals surface area contributed by atoms with E-state index in [0.717, 1.165) is 5.56 Å². The van der Waals surface area contributed by atoms with E-state index < -0.39 is 10.8 Å². The van der Waals surface area contributed by atoms with Crippen LogP contribution in [0.15, 0.2) is 77.2 Å². The quantitative estimate of drug-likeness (QED) is 0.283. The number of rotatable bonds is 5. The summed E-state index contributed by atoms with van der Waals surface area (Å²) in [7, 11) is 0. The van der Waals surface area contributed by atoms with Crippen LogP contribution in [0.3, 0.4) is 0 Å². The Bertz CT molecular complexity index is 1560. The number of nitro benzene ring substituents is 1. The van der Waals surface area contributed by atoms with E-state index in [-0.39, 0.29) is 17.3 Å². The number of benzene rings is 3. The third kappa shape index (κ3) is 3.99. The molecule has 2 aromatic heterocycles. The summed E-state index contributed by atoms with van der Waals surface area (Å²) in [5.41, 5.74) is 3.47. The zero-order valence-corrected chi connectivity index (χ0v) is 17.7. The number of furan rings is 1. The molecule has 0 aliphatic rings. The van der Waals surface area contributed by atoms with Crippen LogP contribution in [-0.2, 0) is 0 Å². The Hall–Kier alpha value is -4.86. The zero-order valence-electron chi connectivity index (χ0n) is 17.7. The number of anilines is 1. The lowest BCUT2D eigenvalue weighted by molar-refractivity contribution is -0.384. The molecule has 1 N–H and O–H groups in total. The Morgan fingerprint density at radius 3 is 2.50 bits per heavy atom. The summed E-state index contributed by atoms with van der Waals surface area (Å²) < 4.78 is 18.8. The Balaban J connectivity index is 1.39. The van der Waals surface area contributed by atoms with Crippen LogP contribution in [0.25, 0.3) is 28.0 Å². The molecule has 0 atom stereocenters. The van der Waals surface area contributed by atoms with Crippen LogP contribution >= 0.6 is 0 Å². The molecule has 0 saturated heterocycles. The number of aromatic nitrogens is 3. The molecule has 0 aliphatic heterocycles. The summed E-state index contributed by atoms with van der Waals surface area (Å²) >= 11 is 0. The summed E-state index contributed by atoms with van der Waals surface area (Å²) in [6.45, 7) is 1.82. The summed E-state index contributed by atoms with van der Waals surface area (Å²) in [5.74, 6) is -0.447. The molecule has 3 aromatic carbocycles. The van der Waals surface area contributed by atoms with Crippen molar-refractivity contribution in [3.63, 3.8) is 0 Å². The van der Waals surface area contributed by atoms with Crippen molar-refractivity contribution in [1.29, 1.82) is 0 Å². The molecule has 2 heterocycles. The van der Waals surface area contributed by atoms with Crippen LogP contribution < -0.4 is 5.32 Å². The second-order valence-electron chi connectivity index (χ2n) is 7.55. The topological polar surface area (TPSA) is 116 Å². The van der Waals surface area contributed by atoms with Crippen LogP contribution in [0.2, 0.25) is 0 Å². The van der Waals surface area contributed by atoms with Crippen molar-refractivity contribution in [3.05, 3.63) is 100 Å². The predicted molar refractivity (Wildman–Crippen MR) is 122 cm³/mol. The van der Waals surface area contributed by atoms with E-state index in [9.17, 15) is 19.3 Å². The number of carbonyl (C=O) groups excluding carboxylic acids is 1. The van der Waals surface area contributed by atoms with Crippen LogP contribution in [0.1, 0.15) is 16.1 Å². The van der Waals surface area contributed by atoms with Gasteiger partial charge in [-0.05, 0) is 61.0 Å². The fourth-order valence-corrected chi connectivity index (χ4v) is 3.46. The van der Waals surface area contributed by atoms with Crippen molar-refractivity contribution in [2.45, 2.75) is 6.92 Å². The molecular formula is C24H16FN5O4. The first-order valence-corrected chi connectivity index (χ1v) is 10.2. The summed E-state index contributed by atoms with van der Waals surface area (Å²) in [5, 5.41) is 22.6. The van der Waals surface area contributed by atoms with Crippen molar-refractivity contribution >= 4 is 28.3 Å². The molecular weight excluding hydrogens is 441 g/mol. The van der Waals surface area contributed by atoms with Crippen molar-refractivity contribution in [2.75, 3.05) is 5.32 Å². The molecule has 1 amide bonds. The van der Waals surface area contributed by atoms with Crippen LogP contribution in [-0.4, -0.2) is 25.8 Å². The smallest absolute Gasteiger partial charge is 0.291 e. The minimum atomic E-state index is -0.495. The molecule has 5 aromatic rings. The minimum Gasteiger partial charge on any atom is -0.451 e. The maximum Gasteiger partial charge on any atom is 0.291 e. The van der Waals surface area contributed by atoms with E-state index in [1.54, 1.807) is 42.5 Å². The monoisotopic (exact) mass is 457 g/mol. The second kappa shape index (κ2) is 8.24. The molecule has 0 radical (unpaired) electrons. The number of hydrogen-bond acceptors (Lipinski definition) is 6. The second-order valence-corrected chi connectivity index (χ2v) is 7.55. The lowest BCUT2D eigenvalue weighted by Crippen LogP contribution is -2.11. The van der Waals surface area contributed by atoms with E-state index in [0.29, 0.717) is 33.7 Å². The number of hydrogen-bond donors (Lipinski definition) is 1. The van der Waals surface area contributed by atoms with Crippen LogP contribution in [0, 0.1) is 22.9 Å². The number of nitrogens with one attached hydrogen (secondary N) is 1. The Morgan fingerprint density at radius 1 is 1.03 bits per heavy atom. The third-order valence-electron chi connectivity index (χ3n) is 5.20. The molecule has 168 valence electrons. The molecule has 0 aliphatic carbocycles. The van der Waals surface area contributed by atoms with Crippen LogP contribution in [0.5, 0.6) is 0 Å². The van der Waals surface area contributed by atoms with E-state index in [1.807, 2.05) is 6.92 Å². The summed E-state index contributed by atoms with van der Waals surface area (Å²) in [6.07, 6.45) is 0. The van der Waals surface area contributed by atoms with Crippen molar-refractivity contribution in [1.82, 2.24) is 15.0 Å². The highest BCUT2D eigenvalue weighted by atomic mass is 19.1. The van der Waals surface area contributed by atoms with Gasteiger partial charge in [0, 0.05) is 23.4 Å². The van der Waals surface area contributed by atoms with Gasteiger partial charge in [-0.1, -0.05) is 12.1 Å². The van der Waals surface area contributed by atoms with E-state index in [4.69, 9.17) is 4.42 Å². The number of non-ortho nitro benzene ring substituents is 1. The van der Waals surface area contributed by atoms with Gasteiger partial charge in [-0.25, -0.2) is 4.39 Å². The number of nitro groups is 1. The largest absolute Gasteiger partial charge is 0.451 e. The molecule has 0 bridgehead atoms. The zero-order chi connectivity index (χ0) is 23.8. The molecule has 9 nitrogen and oxygen atoms in total. The first kappa shape index (κ1) is 21.0. The van der Waals surface area contributed by atoms with Gasteiger partial charge in [0.2, 0.25) is 0 Å². The van der Waals surface area contributed by atoms with Gasteiger partial charge in [0.25, 0.3) is 11.6 Å². The van der Waals surface area contributed by atoms with Crippen molar-refractivity contribution < 1.29 is 18.5 Å². The van der Waals surface area contributed by atoms with Crippen molar-refractivity contribution in [3.8, 4) is 17.0 Å². The van der Waals surface area contributed by atoms with Gasteiger partial charge in [-0.15, -0.1) is 10.2 Å². The van der Waals surface area contributed by atoms with Gasteiger partial charge in [-0.2, -0.15) is 4.80 Å². The van der Waals surface area contributed by atoms with Crippen molar-refractivity contribution in [2.24, 2.45) is 0 Å². The van der Waals surface area contributed by atoms with E-state index in [2.05, 4.69) is 15.5 Å². The number of halogens is 1. The highest BCUT2D eigenvalue weighted by Gasteiger charge is 2.16. The Kier molecular flexibility index (Phi) is 5.09. The van der Waals surface area contributed by atoms with E-state index >= 15 is 0 Å². The number of aryl methyl sites for hydroxylation is 1. The third-order valence-corrected chi connectivity index (χ3v) is 5.20. The van der Waals surface area contributed by atoms with Gasteiger partial charge in [0.05, 0.1) is 10.6 Å². The average Bonchev–Trinajstić information content (AvgIpc) is 3.47. The predicted octanol–water partition coefficient (Wildman–Crippen LogP) is 5.29. The highest BCUT2D eigenvalue weighted by molar-refractivity contribution is 6.04. The number of carbonyl (C=O) groups is 1. The van der Waals surface area contributed by atoms with Gasteiger partial charge in [0.1, 0.15) is 22.6 Å². The first-order valence-electron chi connectivity index (χ1n) is 10.2. The summed E-state index contributed by atoms with van der Waals surface area (Å²) in [6, 6.07) is 18.3. The maximum atomic E-state index is 13.2. The van der Waals surface area contributed by atoms with Gasteiger partial charge < -0.3 is 9.73 Å². The molecule has 10 heteroatoms. The fourth-order valence-electron chi connectivity index (χ4n) is 3.46. The molecule has 0 saturated carbocycles. The average molecular weight is 457 g/mol. The minimum absolute atomic E-state index is 0.0518. The SMILES string of the molecule is Cc1cc2nn(-c3ccc(F)cc3)nc2cc1NC(=O)c1ccc(-c2cccc([N+](=O)[O-])c2)o1. The number of amides is 1. The Morgan fingerprint density at radius 2 is 1.76 bits per heavy atom. The molecule has 0 fully saturated rings.